The molecule has 0 amide bonds. The Kier molecular flexibility index (Phi) is 4.98. The second kappa shape index (κ2) is 6.51. The predicted octanol–water partition coefficient (Wildman–Crippen LogP) is 4.49. The molecule has 1 saturated carbocycles. The molecule has 106 valence electrons. The summed E-state index contributed by atoms with van der Waals surface area (Å²) in [6.45, 7) is 6.84. The fourth-order valence-corrected chi connectivity index (χ4v) is 2.83. The quantitative estimate of drug-likeness (QED) is 0.797. The molecule has 2 heteroatoms. The summed E-state index contributed by atoms with van der Waals surface area (Å²) in [6, 6.07) is 8.26. The number of nitrogens with one attached hydrogen (secondary N) is 1. The minimum Gasteiger partial charge on any atom is -0.311 e. The zero-order chi connectivity index (χ0) is 13.8. The highest BCUT2D eigenvalue weighted by Gasteiger charge is 2.30. The molecule has 1 unspecified atom stereocenters. The molecule has 0 heterocycles. The third kappa shape index (κ3) is 4.31. The lowest BCUT2D eigenvalue weighted by molar-refractivity contribution is 0.261. The number of halogens is 1. The van der Waals surface area contributed by atoms with Gasteiger partial charge in [0.15, 0.2) is 0 Å². The van der Waals surface area contributed by atoms with Gasteiger partial charge in [-0.05, 0) is 62.1 Å². The van der Waals surface area contributed by atoms with Crippen molar-refractivity contribution in [2.75, 3.05) is 0 Å². The second-order valence-corrected chi connectivity index (χ2v) is 6.46. The van der Waals surface area contributed by atoms with Crippen molar-refractivity contribution in [3.63, 3.8) is 0 Å². The molecule has 1 fully saturated rings. The third-order valence-corrected chi connectivity index (χ3v) is 4.18. The highest BCUT2D eigenvalue weighted by Crippen LogP contribution is 2.37. The van der Waals surface area contributed by atoms with Crippen molar-refractivity contribution in [3.05, 3.63) is 35.6 Å². The molecule has 1 aliphatic rings. The van der Waals surface area contributed by atoms with E-state index >= 15 is 0 Å². The molecule has 1 N–H and O–H groups in total. The van der Waals surface area contributed by atoms with Gasteiger partial charge in [0.2, 0.25) is 0 Å². The van der Waals surface area contributed by atoms with E-state index in [2.05, 4.69) is 26.1 Å². The highest BCUT2D eigenvalue weighted by molar-refractivity contribution is 5.23. The first-order valence-electron chi connectivity index (χ1n) is 7.56. The Bertz CT molecular complexity index is 379. The molecule has 0 spiro atoms. The van der Waals surface area contributed by atoms with E-state index in [0.29, 0.717) is 18.0 Å². The topological polar surface area (TPSA) is 12.0 Å². The zero-order valence-electron chi connectivity index (χ0n) is 12.3. The third-order valence-electron chi connectivity index (χ3n) is 4.18. The number of rotatable bonds is 6. The van der Waals surface area contributed by atoms with Crippen LogP contribution in [0.2, 0.25) is 0 Å². The van der Waals surface area contributed by atoms with Gasteiger partial charge in [0.25, 0.3) is 0 Å². The molecule has 1 aromatic carbocycles. The number of hydrogen-bond donors (Lipinski definition) is 1. The van der Waals surface area contributed by atoms with Crippen LogP contribution in [0.25, 0.3) is 0 Å². The monoisotopic (exact) mass is 263 g/mol. The molecule has 0 saturated heterocycles. The summed E-state index contributed by atoms with van der Waals surface area (Å²) in [7, 11) is 0. The normalized spacial score (nSPS) is 24.3. The SMILES string of the molecule is CC(C)CCC(C)NC1CC(c2ccc(F)cc2)C1. The lowest BCUT2D eigenvalue weighted by Gasteiger charge is -2.38. The number of hydrogen-bond acceptors (Lipinski definition) is 1. The maximum Gasteiger partial charge on any atom is 0.123 e. The second-order valence-electron chi connectivity index (χ2n) is 6.46. The summed E-state index contributed by atoms with van der Waals surface area (Å²) in [4.78, 5) is 0. The van der Waals surface area contributed by atoms with E-state index in [0.717, 1.165) is 5.92 Å². The molecule has 2 rings (SSSR count). The van der Waals surface area contributed by atoms with Gasteiger partial charge in [0.1, 0.15) is 5.82 Å². The summed E-state index contributed by atoms with van der Waals surface area (Å²) < 4.78 is 12.9. The Morgan fingerprint density at radius 3 is 2.32 bits per heavy atom. The smallest absolute Gasteiger partial charge is 0.123 e. The predicted molar refractivity (Wildman–Crippen MR) is 78.8 cm³/mol. The van der Waals surface area contributed by atoms with Crippen molar-refractivity contribution in [3.8, 4) is 0 Å². The molecule has 1 atom stereocenters. The van der Waals surface area contributed by atoms with Crippen molar-refractivity contribution >= 4 is 0 Å². The molecule has 1 aromatic rings. The molecular weight excluding hydrogens is 237 g/mol. The van der Waals surface area contributed by atoms with Crippen molar-refractivity contribution in [2.24, 2.45) is 5.92 Å². The maximum atomic E-state index is 12.9. The summed E-state index contributed by atoms with van der Waals surface area (Å²) in [5.74, 6) is 1.27. The van der Waals surface area contributed by atoms with Gasteiger partial charge in [0, 0.05) is 12.1 Å². The van der Waals surface area contributed by atoms with Crippen LogP contribution in [-0.2, 0) is 0 Å². The average molecular weight is 263 g/mol. The molecule has 1 nitrogen and oxygen atoms in total. The van der Waals surface area contributed by atoms with Gasteiger partial charge < -0.3 is 5.32 Å². The Labute approximate surface area is 116 Å². The maximum absolute atomic E-state index is 12.9. The molecule has 0 radical (unpaired) electrons. The van der Waals surface area contributed by atoms with Gasteiger partial charge in [-0.1, -0.05) is 26.0 Å². The Morgan fingerprint density at radius 2 is 1.74 bits per heavy atom. The first kappa shape index (κ1) is 14.5. The minimum absolute atomic E-state index is 0.139. The van der Waals surface area contributed by atoms with Gasteiger partial charge in [-0.3, -0.25) is 0 Å². The van der Waals surface area contributed by atoms with Crippen LogP contribution in [-0.4, -0.2) is 12.1 Å². The molecule has 19 heavy (non-hydrogen) atoms. The molecule has 0 bridgehead atoms. The largest absolute Gasteiger partial charge is 0.311 e. The Morgan fingerprint density at radius 1 is 1.11 bits per heavy atom. The molecular formula is C17H26FN. The van der Waals surface area contributed by atoms with Gasteiger partial charge >= 0.3 is 0 Å². The van der Waals surface area contributed by atoms with Gasteiger partial charge in [-0.25, -0.2) is 4.39 Å². The van der Waals surface area contributed by atoms with Crippen molar-refractivity contribution < 1.29 is 4.39 Å². The minimum atomic E-state index is -0.139. The van der Waals surface area contributed by atoms with Crippen LogP contribution in [0.15, 0.2) is 24.3 Å². The fourth-order valence-electron chi connectivity index (χ4n) is 2.83. The Balaban J connectivity index is 1.70. The first-order chi connectivity index (χ1) is 9.04. The van der Waals surface area contributed by atoms with Crippen molar-refractivity contribution in [2.45, 2.75) is 64.5 Å². The van der Waals surface area contributed by atoms with Crippen LogP contribution in [0.1, 0.15) is 57.9 Å². The van der Waals surface area contributed by atoms with Crippen molar-refractivity contribution in [1.82, 2.24) is 5.32 Å². The van der Waals surface area contributed by atoms with Crippen LogP contribution in [0, 0.1) is 11.7 Å². The van der Waals surface area contributed by atoms with E-state index in [1.807, 2.05) is 12.1 Å². The van der Waals surface area contributed by atoms with Gasteiger partial charge in [0.05, 0.1) is 0 Å². The van der Waals surface area contributed by atoms with Crippen molar-refractivity contribution in [1.29, 1.82) is 0 Å². The molecule has 0 aromatic heterocycles. The first-order valence-corrected chi connectivity index (χ1v) is 7.56. The lowest BCUT2D eigenvalue weighted by atomic mass is 9.75. The molecule has 1 aliphatic carbocycles. The van der Waals surface area contributed by atoms with Crippen LogP contribution in [0.4, 0.5) is 4.39 Å². The van der Waals surface area contributed by atoms with E-state index in [-0.39, 0.29) is 5.82 Å². The van der Waals surface area contributed by atoms with Crippen LogP contribution >= 0.6 is 0 Å². The molecule has 0 aliphatic heterocycles. The van der Waals surface area contributed by atoms with Crippen LogP contribution in [0.5, 0.6) is 0 Å². The summed E-state index contributed by atoms with van der Waals surface area (Å²) >= 11 is 0. The highest BCUT2D eigenvalue weighted by atomic mass is 19.1. The summed E-state index contributed by atoms with van der Waals surface area (Å²) in [5.41, 5.74) is 1.29. The van der Waals surface area contributed by atoms with Gasteiger partial charge in [-0.15, -0.1) is 0 Å². The van der Waals surface area contributed by atoms with E-state index < -0.39 is 0 Å². The zero-order valence-corrected chi connectivity index (χ0v) is 12.3. The summed E-state index contributed by atoms with van der Waals surface area (Å²) in [5, 5.41) is 3.71. The lowest BCUT2D eigenvalue weighted by Crippen LogP contribution is -2.44. The Hall–Kier alpha value is -0.890. The van der Waals surface area contributed by atoms with E-state index in [1.54, 1.807) is 12.1 Å². The fraction of sp³-hybridized carbons (Fsp3) is 0.647. The van der Waals surface area contributed by atoms with Crippen LogP contribution < -0.4 is 5.32 Å². The standard InChI is InChI=1S/C17H26FN/c1-12(2)4-5-13(3)19-17-10-15(11-17)14-6-8-16(18)9-7-14/h6-9,12-13,15,17,19H,4-5,10-11H2,1-3H3. The van der Waals surface area contributed by atoms with Gasteiger partial charge in [-0.2, -0.15) is 0 Å². The number of benzene rings is 1. The summed E-state index contributed by atoms with van der Waals surface area (Å²) in [6.07, 6.45) is 4.94. The van der Waals surface area contributed by atoms with Crippen LogP contribution in [0.3, 0.4) is 0 Å². The van der Waals surface area contributed by atoms with E-state index in [4.69, 9.17) is 0 Å². The van der Waals surface area contributed by atoms with E-state index in [9.17, 15) is 4.39 Å². The average Bonchev–Trinajstić information content (AvgIpc) is 2.32. The van der Waals surface area contributed by atoms with E-state index in [1.165, 1.54) is 31.2 Å².